The average Bonchev–Trinajstić information content (AvgIpc) is 2.47. The van der Waals surface area contributed by atoms with E-state index in [1.807, 2.05) is 26.0 Å². The average molecular weight is 290 g/mol. The lowest BCUT2D eigenvalue weighted by molar-refractivity contribution is -0.122. The van der Waals surface area contributed by atoms with E-state index in [4.69, 9.17) is 0 Å². The quantitative estimate of drug-likeness (QED) is 0.865. The summed E-state index contributed by atoms with van der Waals surface area (Å²) in [7, 11) is 0. The molecule has 2 amide bonds. The molecule has 1 N–H and O–H groups in total. The fourth-order valence-electron chi connectivity index (χ4n) is 2.39. The number of nitrogens with zero attached hydrogens (tertiary/aromatic N) is 3. The molecule has 1 aromatic heterocycles. The van der Waals surface area contributed by atoms with Gasteiger partial charge in [0, 0.05) is 38.4 Å². The monoisotopic (exact) mass is 290 g/mol. The largest absolute Gasteiger partial charge is 0.355 e. The molecule has 6 heteroatoms. The zero-order valence-electron chi connectivity index (χ0n) is 12.6. The lowest BCUT2D eigenvalue weighted by Gasteiger charge is -2.34. The molecule has 1 saturated heterocycles. The smallest absolute Gasteiger partial charge is 0.272 e. The van der Waals surface area contributed by atoms with Crippen molar-refractivity contribution < 1.29 is 9.59 Å². The molecule has 21 heavy (non-hydrogen) atoms. The van der Waals surface area contributed by atoms with Crippen LogP contribution in [0.15, 0.2) is 18.2 Å². The molecule has 2 rings (SSSR count). The molecule has 1 aliphatic rings. The topological polar surface area (TPSA) is 65.5 Å². The predicted molar refractivity (Wildman–Crippen MR) is 80.0 cm³/mol. The Morgan fingerprint density at radius 3 is 2.57 bits per heavy atom. The molecule has 1 fully saturated rings. The number of hydrogen-bond acceptors (Lipinski definition) is 4. The zero-order chi connectivity index (χ0) is 15.2. The second-order valence-corrected chi connectivity index (χ2v) is 5.19. The Kier molecular flexibility index (Phi) is 5.27. The van der Waals surface area contributed by atoms with E-state index >= 15 is 0 Å². The van der Waals surface area contributed by atoms with Crippen LogP contribution in [-0.2, 0) is 4.79 Å². The van der Waals surface area contributed by atoms with E-state index in [1.54, 1.807) is 11.0 Å². The summed E-state index contributed by atoms with van der Waals surface area (Å²) in [6.07, 6.45) is 0. The second kappa shape index (κ2) is 7.17. The van der Waals surface area contributed by atoms with E-state index in [0.29, 0.717) is 45.0 Å². The van der Waals surface area contributed by atoms with E-state index in [-0.39, 0.29) is 11.8 Å². The van der Waals surface area contributed by atoms with Crippen LogP contribution in [0.1, 0.15) is 23.1 Å². The first-order valence-corrected chi connectivity index (χ1v) is 7.32. The number of aryl methyl sites for hydroxylation is 1. The Morgan fingerprint density at radius 1 is 1.24 bits per heavy atom. The molecule has 0 spiro atoms. The first kappa shape index (κ1) is 15.4. The maximum Gasteiger partial charge on any atom is 0.272 e. The SMILES string of the molecule is CCNC(=O)CN1CCN(C(=O)c2cccc(C)n2)CC1. The summed E-state index contributed by atoms with van der Waals surface area (Å²) in [5.41, 5.74) is 1.34. The van der Waals surface area contributed by atoms with Crippen molar-refractivity contribution in [2.75, 3.05) is 39.3 Å². The third-order valence-corrected chi connectivity index (χ3v) is 3.51. The number of piperazine rings is 1. The van der Waals surface area contributed by atoms with E-state index in [9.17, 15) is 9.59 Å². The highest BCUT2D eigenvalue weighted by Crippen LogP contribution is 2.07. The van der Waals surface area contributed by atoms with Crippen LogP contribution in [0.25, 0.3) is 0 Å². The van der Waals surface area contributed by atoms with Gasteiger partial charge in [0.25, 0.3) is 5.91 Å². The van der Waals surface area contributed by atoms with Crippen LogP contribution in [0.4, 0.5) is 0 Å². The van der Waals surface area contributed by atoms with Crippen molar-refractivity contribution in [3.05, 3.63) is 29.6 Å². The van der Waals surface area contributed by atoms with Crippen molar-refractivity contribution in [2.45, 2.75) is 13.8 Å². The van der Waals surface area contributed by atoms with Crippen LogP contribution in [0.2, 0.25) is 0 Å². The molecule has 6 nitrogen and oxygen atoms in total. The van der Waals surface area contributed by atoms with Crippen LogP contribution in [-0.4, -0.2) is 65.9 Å². The Labute approximate surface area is 125 Å². The molecule has 0 unspecified atom stereocenters. The first-order valence-electron chi connectivity index (χ1n) is 7.32. The summed E-state index contributed by atoms with van der Waals surface area (Å²) in [4.78, 5) is 32.0. The van der Waals surface area contributed by atoms with E-state index in [0.717, 1.165) is 5.69 Å². The predicted octanol–water partition coefficient (Wildman–Crippen LogP) is 0.284. The summed E-state index contributed by atoms with van der Waals surface area (Å²) in [6.45, 7) is 7.53. The van der Waals surface area contributed by atoms with Crippen LogP contribution in [0.3, 0.4) is 0 Å². The number of carbonyl (C=O) groups is 2. The molecule has 0 bridgehead atoms. The molecule has 0 radical (unpaired) electrons. The molecule has 0 aliphatic carbocycles. The summed E-state index contributed by atoms with van der Waals surface area (Å²) >= 11 is 0. The van der Waals surface area contributed by atoms with Gasteiger partial charge in [0.05, 0.1) is 6.54 Å². The molecular formula is C15H22N4O2. The third-order valence-electron chi connectivity index (χ3n) is 3.51. The van der Waals surface area contributed by atoms with Gasteiger partial charge in [0.2, 0.25) is 5.91 Å². The van der Waals surface area contributed by atoms with Crippen molar-refractivity contribution in [3.8, 4) is 0 Å². The lowest BCUT2D eigenvalue weighted by atomic mass is 10.2. The normalized spacial score (nSPS) is 15.8. The van der Waals surface area contributed by atoms with Gasteiger partial charge in [-0.3, -0.25) is 14.5 Å². The van der Waals surface area contributed by atoms with Gasteiger partial charge in [-0.05, 0) is 26.0 Å². The van der Waals surface area contributed by atoms with Crippen LogP contribution in [0, 0.1) is 6.92 Å². The van der Waals surface area contributed by atoms with Crippen LogP contribution < -0.4 is 5.32 Å². The van der Waals surface area contributed by atoms with Gasteiger partial charge in [-0.2, -0.15) is 0 Å². The Hall–Kier alpha value is -1.95. The number of hydrogen-bond donors (Lipinski definition) is 1. The summed E-state index contributed by atoms with van der Waals surface area (Å²) in [5.74, 6) is 0.00832. The van der Waals surface area contributed by atoms with Gasteiger partial charge >= 0.3 is 0 Å². The van der Waals surface area contributed by atoms with Gasteiger partial charge < -0.3 is 10.2 Å². The fraction of sp³-hybridized carbons (Fsp3) is 0.533. The van der Waals surface area contributed by atoms with Crippen molar-refractivity contribution in [1.29, 1.82) is 0 Å². The molecule has 1 aliphatic heterocycles. The second-order valence-electron chi connectivity index (χ2n) is 5.19. The Bertz CT molecular complexity index is 510. The van der Waals surface area contributed by atoms with Gasteiger partial charge in [0.15, 0.2) is 0 Å². The van der Waals surface area contributed by atoms with Crippen molar-refractivity contribution in [3.63, 3.8) is 0 Å². The highest BCUT2D eigenvalue weighted by molar-refractivity contribution is 5.92. The first-order chi connectivity index (χ1) is 10.1. The molecule has 0 saturated carbocycles. The third kappa shape index (κ3) is 4.26. The van der Waals surface area contributed by atoms with Gasteiger partial charge in [-0.1, -0.05) is 6.07 Å². The minimum absolute atomic E-state index is 0.0311. The highest BCUT2D eigenvalue weighted by Gasteiger charge is 2.23. The van der Waals surface area contributed by atoms with Crippen LogP contribution in [0.5, 0.6) is 0 Å². The van der Waals surface area contributed by atoms with Crippen molar-refractivity contribution in [1.82, 2.24) is 20.1 Å². The highest BCUT2D eigenvalue weighted by atomic mass is 16.2. The maximum atomic E-state index is 12.3. The van der Waals surface area contributed by atoms with Crippen molar-refractivity contribution in [2.24, 2.45) is 0 Å². The molecule has 1 aromatic rings. The van der Waals surface area contributed by atoms with E-state index in [1.165, 1.54) is 0 Å². The Morgan fingerprint density at radius 2 is 1.95 bits per heavy atom. The molecule has 0 aromatic carbocycles. The minimum Gasteiger partial charge on any atom is -0.355 e. The molecular weight excluding hydrogens is 268 g/mol. The molecule has 114 valence electrons. The van der Waals surface area contributed by atoms with E-state index < -0.39 is 0 Å². The number of carbonyl (C=O) groups excluding carboxylic acids is 2. The fourth-order valence-corrected chi connectivity index (χ4v) is 2.39. The number of amides is 2. The summed E-state index contributed by atoms with van der Waals surface area (Å²) in [6, 6.07) is 5.47. The summed E-state index contributed by atoms with van der Waals surface area (Å²) < 4.78 is 0. The lowest BCUT2D eigenvalue weighted by Crippen LogP contribution is -2.51. The van der Waals surface area contributed by atoms with E-state index in [2.05, 4.69) is 15.2 Å². The molecule has 0 atom stereocenters. The number of aromatic nitrogens is 1. The Balaban J connectivity index is 1.86. The van der Waals surface area contributed by atoms with Crippen LogP contribution >= 0.6 is 0 Å². The zero-order valence-corrected chi connectivity index (χ0v) is 12.6. The number of rotatable bonds is 4. The minimum atomic E-state index is -0.0311. The number of likely N-dealkylation sites (N-methyl/N-ethyl adjacent to an activating group) is 1. The number of pyridine rings is 1. The molecule has 2 heterocycles. The maximum absolute atomic E-state index is 12.3. The van der Waals surface area contributed by atoms with Gasteiger partial charge in [-0.15, -0.1) is 0 Å². The number of nitrogens with one attached hydrogen (secondary N) is 1. The standard InChI is InChI=1S/C15H22N4O2/c1-3-16-14(20)11-18-7-9-19(10-8-18)15(21)13-6-4-5-12(2)17-13/h4-6H,3,7-11H2,1-2H3,(H,16,20). The summed E-state index contributed by atoms with van der Waals surface area (Å²) in [5, 5.41) is 2.79. The van der Waals surface area contributed by atoms with Gasteiger partial charge in [0.1, 0.15) is 5.69 Å². The van der Waals surface area contributed by atoms with Crippen molar-refractivity contribution >= 4 is 11.8 Å². The van der Waals surface area contributed by atoms with Gasteiger partial charge in [-0.25, -0.2) is 4.98 Å².